The van der Waals surface area contributed by atoms with Gasteiger partial charge in [0, 0.05) is 55.6 Å². The Labute approximate surface area is 279 Å². The Morgan fingerprint density at radius 3 is 2.12 bits per heavy atom. The van der Waals surface area contributed by atoms with E-state index in [4.69, 9.17) is 28.1 Å². The standard InChI is InChI=1S/C33H40O16/c1-14(34)46-19-11-30(40)29(6)22(21(24(38)44-7)47-15(2)35)27(4)13-31(29,41)33(43,26(27)48-16(3)36)25(39)32(30,42)18-10-20(37)49-23(28(18,19)5)17-8-9-45-12-17/h8-10,12,19,21-23,25-26,39-43H,11,13H2,1-7H3/t19-,21+,22-,23-,25+,26-,27+,28-,29-,30-,31+,32+,33+/m0/s1. The molecule has 1 aromatic heterocycles. The van der Waals surface area contributed by atoms with Gasteiger partial charge in [-0.1, -0.05) is 13.8 Å². The van der Waals surface area contributed by atoms with Gasteiger partial charge in [-0.25, -0.2) is 9.59 Å². The molecule has 1 aliphatic heterocycles. The van der Waals surface area contributed by atoms with Gasteiger partial charge in [0.15, 0.2) is 5.60 Å². The minimum Gasteiger partial charge on any atom is -0.472 e. The van der Waals surface area contributed by atoms with E-state index in [9.17, 15) is 49.5 Å². The topological polar surface area (TPSA) is 246 Å². The number of cyclic esters (lactones) is 1. The SMILES string of the molecule is COC(=O)[C@H](OC(C)=O)[C@H]1[C@@]2(C)C[C@]3(O)[C@](O)([C@H]2OC(C)=O)[C@H](O)[C@]2(O)C4=CC(=O)O[C@@H](c5ccoc5)[C@]4(C)[C@@H](OC(C)=O)C[C@]2(O)[C@]13C. The van der Waals surface area contributed by atoms with Crippen LogP contribution in [-0.4, -0.2) is 109 Å². The van der Waals surface area contributed by atoms with Crippen LogP contribution in [0, 0.1) is 22.2 Å². The molecule has 49 heavy (non-hydrogen) atoms. The lowest BCUT2D eigenvalue weighted by atomic mass is 9.34. The quantitative estimate of drug-likeness (QED) is 0.187. The first-order chi connectivity index (χ1) is 22.6. The van der Waals surface area contributed by atoms with Crippen molar-refractivity contribution in [3.8, 4) is 0 Å². The van der Waals surface area contributed by atoms with Gasteiger partial charge in [0.2, 0.25) is 6.10 Å². The number of hydrogen-bond acceptors (Lipinski definition) is 16. The van der Waals surface area contributed by atoms with Crippen molar-refractivity contribution < 1.29 is 77.6 Å². The highest BCUT2D eigenvalue weighted by Crippen LogP contribution is 2.83. The van der Waals surface area contributed by atoms with Crippen molar-refractivity contribution in [1.82, 2.24) is 0 Å². The molecule has 5 N–H and O–H groups in total. The third-order valence-electron chi connectivity index (χ3n) is 12.4. The van der Waals surface area contributed by atoms with E-state index in [0.29, 0.717) is 0 Å². The summed E-state index contributed by atoms with van der Waals surface area (Å²) in [5, 5.41) is 64.6. The van der Waals surface area contributed by atoms with Crippen LogP contribution in [0.2, 0.25) is 0 Å². The molecule has 13 atom stereocenters. The molecule has 4 aliphatic carbocycles. The maximum Gasteiger partial charge on any atom is 0.347 e. The Hall–Kier alpha value is -3.83. The molecule has 4 fully saturated rings. The molecular weight excluding hydrogens is 652 g/mol. The first kappa shape index (κ1) is 35.0. The number of fused-ring (bicyclic) bond motifs is 5. The van der Waals surface area contributed by atoms with Gasteiger partial charge in [0.05, 0.1) is 25.1 Å². The number of hydrogen-bond donors (Lipinski definition) is 5. The van der Waals surface area contributed by atoms with Crippen molar-refractivity contribution in [2.24, 2.45) is 22.2 Å². The van der Waals surface area contributed by atoms with E-state index < -0.39 is 123 Å². The summed E-state index contributed by atoms with van der Waals surface area (Å²) in [6, 6.07) is 1.45. The Balaban J connectivity index is 1.73. The van der Waals surface area contributed by atoms with Crippen LogP contribution in [0.15, 0.2) is 34.7 Å². The summed E-state index contributed by atoms with van der Waals surface area (Å²) in [4.78, 5) is 64.6. The van der Waals surface area contributed by atoms with Gasteiger partial charge in [0.1, 0.15) is 41.2 Å². The fourth-order valence-corrected chi connectivity index (χ4v) is 10.8. The Morgan fingerprint density at radius 1 is 0.959 bits per heavy atom. The third-order valence-corrected chi connectivity index (χ3v) is 12.4. The number of aliphatic hydroxyl groups excluding tert-OH is 1. The molecule has 5 aliphatic rings. The number of aliphatic hydroxyl groups is 5. The number of rotatable bonds is 6. The van der Waals surface area contributed by atoms with E-state index in [-0.39, 0.29) is 5.56 Å². The predicted octanol–water partition coefficient (Wildman–Crippen LogP) is -0.473. The molecule has 0 aromatic carbocycles. The second-order valence-electron chi connectivity index (χ2n) is 14.6. The summed E-state index contributed by atoms with van der Waals surface area (Å²) < 4.78 is 32.8. The Morgan fingerprint density at radius 2 is 1.59 bits per heavy atom. The van der Waals surface area contributed by atoms with Crippen LogP contribution >= 0.6 is 0 Å². The molecule has 16 nitrogen and oxygen atoms in total. The summed E-state index contributed by atoms with van der Waals surface area (Å²) in [7, 11) is 0.998. The van der Waals surface area contributed by atoms with Crippen LogP contribution in [0.25, 0.3) is 0 Å². The van der Waals surface area contributed by atoms with E-state index in [1.54, 1.807) is 0 Å². The highest BCUT2D eigenvalue weighted by atomic mass is 16.6. The molecule has 1 aromatic rings. The van der Waals surface area contributed by atoms with Gasteiger partial charge in [-0.2, -0.15) is 0 Å². The van der Waals surface area contributed by atoms with Crippen molar-refractivity contribution in [2.75, 3.05) is 7.11 Å². The molecule has 2 heterocycles. The smallest absolute Gasteiger partial charge is 0.347 e. The van der Waals surface area contributed by atoms with Crippen LogP contribution < -0.4 is 0 Å². The number of ether oxygens (including phenoxy) is 5. The molecule has 0 spiro atoms. The lowest BCUT2D eigenvalue weighted by Gasteiger charge is -2.75. The number of carbonyl (C=O) groups is 5. The first-order valence-electron chi connectivity index (χ1n) is 15.7. The number of carbonyl (C=O) groups excluding carboxylic acids is 5. The van der Waals surface area contributed by atoms with E-state index in [0.717, 1.165) is 34.0 Å². The third kappa shape index (κ3) is 3.78. The molecule has 268 valence electrons. The van der Waals surface area contributed by atoms with Crippen LogP contribution in [0.5, 0.6) is 0 Å². The van der Waals surface area contributed by atoms with Gasteiger partial charge >= 0.3 is 29.8 Å². The molecule has 2 bridgehead atoms. The minimum absolute atomic E-state index is 0.243. The zero-order valence-corrected chi connectivity index (χ0v) is 27.9. The highest BCUT2D eigenvalue weighted by molar-refractivity contribution is 5.86. The van der Waals surface area contributed by atoms with Crippen molar-refractivity contribution in [2.45, 2.75) is 107 Å². The van der Waals surface area contributed by atoms with Crippen LogP contribution in [-0.2, 0) is 47.7 Å². The van der Waals surface area contributed by atoms with Crippen molar-refractivity contribution >= 4 is 29.8 Å². The lowest BCUT2D eigenvalue weighted by Crippen LogP contribution is -2.93. The predicted molar refractivity (Wildman–Crippen MR) is 157 cm³/mol. The van der Waals surface area contributed by atoms with Gasteiger partial charge < -0.3 is 53.6 Å². The van der Waals surface area contributed by atoms with Gasteiger partial charge in [-0.15, -0.1) is 0 Å². The van der Waals surface area contributed by atoms with Crippen molar-refractivity contribution in [1.29, 1.82) is 0 Å². The van der Waals surface area contributed by atoms with Gasteiger partial charge in [-0.3, -0.25) is 14.4 Å². The molecule has 4 saturated carbocycles. The van der Waals surface area contributed by atoms with Gasteiger partial charge in [-0.05, 0) is 25.0 Å². The number of esters is 5. The summed E-state index contributed by atoms with van der Waals surface area (Å²) in [5.74, 6) is -6.67. The molecule has 0 amide bonds. The number of methoxy groups -OCH3 is 1. The maximum absolute atomic E-state index is 13.5. The fraction of sp³-hybridized carbons (Fsp3) is 0.667. The van der Waals surface area contributed by atoms with Crippen molar-refractivity contribution in [3.63, 3.8) is 0 Å². The van der Waals surface area contributed by atoms with Crippen LogP contribution in [0.1, 0.15) is 66.1 Å². The average molecular weight is 693 g/mol. The molecular formula is C33H40O16. The first-order valence-corrected chi connectivity index (χ1v) is 15.7. The summed E-state index contributed by atoms with van der Waals surface area (Å²) in [6.07, 6.45) is -7.41. The van der Waals surface area contributed by atoms with E-state index in [1.165, 1.54) is 39.4 Å². The molecule has 6 rings (SSSR count). The normalized spacial score (nSPS) is 46.7. The molecule has 16 heteroatoms. The second-order valence-corrected chi connectivity index (χ2v) is 14.6. The zero-order chi connectivity index (χ0) is 36.5. The van der Waals surface area contributed by atoms with E-state index in [2.05, 4.69) is 0 Å². The lowest BCUT2D eigenvalue weighted by molar-refractivity contribution is -0.422. The highest BCUT2D eigenvalue weighted by Gasteiger charge is 2.98. The Kier molecular flexibility index (Phi) is 7.40. The molecule has 0 radical (unpaired) electrons. The summed E-state index contributed by atoms with van der Waals surface area (Å²) >= 11 is 0. The summed E-state index contributed by atoms with van der Waals surface area (Å²) in [6.45, 7) is 7.15. The van der Waals surface area contributed by atoms with Crippen molar-refractivity contribution in [3.05, 3.63) is 35.8 Å². The fourth-order valence-electron chi connectivity index (χ4n) is 10.8. The van der Waals surface area contributed by atoms with Gasteiger partial charge in [0.25, 0.3) is 0 Å². The monoisotopic (exact) mass is 692 g/mol. The largest absolute Gasteiger partial charge is 0.472 e. The molecule has 0 saturated heterocycles. The minimum atomic E-state index is -3.16. The maximum atomic E-state index is 13.5. The van der Waals surface area contributed by atoms with Crippen LogP contribution in [0.4, 0.5) is 0 Å². The van der Waals surface area contributed by atoms with Crippen LogP contribution in [0.3, 0.4) is 0 Å². The van der Waals surface area contributed by atoms with E-state index >= 15 is 0 Å². The molecule has 0 unspecified atom stereocenters. The second kappa shape index (κ2) is 10.4. The van der Waals surface area contributed by atoms with E-state index in [1.807, 2.05) is 0 Å². The Bertz CT molecular complexity index is 1670. The number of furan rings is 1. The average Bonchev–Trinajstić information content (AvgIpc) is 3.65. The summed E-state index contributed by atoms with van der Waals surface area (Å²) in [5.41, 5.74) is -18.1. The zero-order valence-electron chi connectivity index (χ0n) is 27.9.